The van der Waals surface area contributed by atoms with Crippen LogP contribution in [0.25, 0.3) is 0 Å². The molecule has 2 aromatic rings. The van der Waals surface area contributed by atoms with Gasteiger partial charge in [0.25, 0.3) is 23.4 Å². The Morgan fingerprint density at radius 2 is 1.41 bits per heavy atom. The summed E-state index contributed by atoms with van der Waals surface area (Å²) in [5.74, 6) is -5.76. The summed E-state index contributed by atoms with van der Waals surface area (Å²) in [5, 5.41) is 12.4. The van der Waals surface area contributed by atoms with Crippen LogP contribution < -0.4 is 0 Å². The van der Waals surface area contributed by atoms with Gasteiger partial charge in [-0.15, -0.1) is 23.2 Å². The number of hydrogen-bond donors (Lipinski definition) is 0. The molecule has 16 heteroatoms. The topological polar surface area (TPSA) is 101 Å². The zero-order valence-corrected chi connectivity index (χ0v) is 24.9. The number of hydrazine groups is 1. The number of carbonyl (C=O) groups is 3. The summed E-state index contributed by atoms with van der Waals surface area (Å²) in [6, 6.07) is 8.97. The first-order valence-corrected chi connectivity index (χ1v) is 13.8. The lowest BCUT2D eigenvalue weighted by atomic mass is 9.84. The van der Waals surface area contributed by atoms with Gasteiger partial charge in [-0.3, -0.25) is 24.5 Å². The lowest BCUT2D eigenvalue weighted by Gasteiger charge is -2.37. The van der Waals surface area contributed by atoms with E-state index in [0.717, 1.165) is 17.1 Å². The Morgan fingerprint density at radius 3 is 1.87 bits per heavy atom. The Labute approximate surface area is 260 Å². The van der Waals surface area contributed by atoms with E-state index in [9.17, 15) is 24.5 Å². The Balaban J connectivity index is 1.62. The molecule has 2 aromatic carbocycles. The number of halogens is 8. The molecule has 0 unspecified atom stereocenters. The van der Waals surface area contributed by atoms with E-state index in [-0.39, 0.29) is 26.3 Å². The van der Waals surface area contributed by atoms with Crippen molar-refractivity contribution in [3.63, 3.8) is 0 Å². The van der Waals surface area contributed by atoms with Gasteiger partial charge < -0.3 is 0 Å². The van der Waals surface area contributed by atoms with Crippen LogP contribution in [-0.4, -0.2) is 46.7 Å². The number of nitro benzene ring substituents is 1. The summed E-state index contributed by atoms with van der Waals surface area (Å²) in [6.45, 7) is -0.394. The number of imide groups is 1. The van der Waals surface area contributed by atoms with Crippen molar-refractivity contribution in [2.24, 2.45) is 11.8 Å². The normalized spacial score (nSPS) is 28.8. The average Bonchev–Trinajstić information content (AvgIpc) is 3.26. The van der Waals surface area contributed by atoms with Crippen LogP contribution in [0.3, 0.4) is 0 Å². The molecule has 0 radical (unpaired) electrons. The monoisotopic (exact) mass is 689 g/mol. The van der Waals surface area contributed by atoms with E-state index in [4.69, 9.17) is 92.8 Å². The number of alkyl halides is 4. The van der Waals surface area contributed by atoms with Crippen LogP contribution in [0.4, 0.5) is 5.69 Å². The van der Waals surface area contributed by atoms with E-state index in [1.54, 1.807) is 0 Å². The quantitative estimate of drug-likeness (QED) is 0.147. The van der Waals surface area contributed by atoms with Crippen LogP contribution in [0.1, 0.15) is 15.9 Å². The van der Waals surface area contributed by atoms with E-state index < -0.39 is 55.1 Å². The summed E-state index contributed by atoms with van der Waals surface area (Å²) in [4.78, 5) is 47.8. The molecular weight excluding hydrogens is 682 g/mol. The molecule has 1 aliphatic heterocycles. The molecule has 1 saturated carbocycles. The largest absolute Gasteiger partial charge is 0.273 e. The number of nitrogens with zero attached hydrogens (tertiary/aromatic N) is 3. The second kappa shape index (κ2) is 9.53. The molecule has 0 spiro atoms. The number of allylic oxidation sites excluding steroid dienone is 2. The summed E-state index contributed by atoms with van der Waals surface area (Å²) < 4.78 is -2.16. The maximum Gasteiger partial charge on any atom is 0.273 e. The highest BCUT2D eigenvalue weighted by Gasteiger charge is 2.88. The summed E-state index contributed by atoms with van der Waals surface area (Å²) in [7, 11) is 0. The number of amides is 3. The third kappa shape index (κ3) is 3.76. The molecule has 3 amide bonds. The minimum Gasteiger partial charge on any atom is -0.272 e. The van der Waals surface area contributed by atoms with E-state index in [0.29, 0.717) is 15.6 Å². The fourth-order valence-electron chi connectivity index (χ4n) is 5.14. The van der Waals surface area contributed by atoms with Crippen LogP contribution >= 0.6 is 92.8 Å². The Hall–Kier alpha value is -1.49. The zero-order valence-electron chi connectivity index (χ0n) is 18.8. The molecule has 1 saturated heterocycles. The molecule has 3 aliphatic rings. The van der Waals surface area contributed by atoms with Gasteiger partial charge >= 0.3 is 0 Å². The van der Waals surface area contributed by atoms with Gasteiger partial charge in [0.2, 0.25) is 0 Å². The van der Waals surface area contributed by atoms with Crippen LogP contribution in [-0.2, 0) is 16.1 Å². The van der Waals surface area contributed by atoms with E-state index in [1.807, 2.05) is 0 Å². The fourth-order valence-corrected chi connectivity index (χ4v) is 8.54. The van der Waals surface area contributed by atoms with Crippen molar-refractivity contribution in [2.45, 2.75) is 20.6 Å². The molecule has 4 atom stereocenters. The molecule has 0 N–H and O–H groups in total. The zero-order chi connectivity index (χ0) is 28.8. The molecule has 1 heterocycles. The third-order valence-electron chi connectivity index (χ3n) is 7.02. The van der Waals surface area contributed by atoms with Crippen molar-refractivity contribution in [3.8, 4) is 0 Å². The Bertz CT molecular complexity index is 1470. The SMILES string of the molecule is O=C(c1ccc([N+](=O)[O-])cc1)N(Cc1ccc(Cl)cc1Cl)N1C(=O)[C@@H]2[C@H](C1=O)[C@@]1(Cl)C(Cl)=C(Cl)[C@@]2(Cl)C1(Cl)Cl. The molecule has 2 fully saturated rings. The van der Waals surface area contributed by atoms with Gasteiger partial charge in [-0.1, -0.05) is 75.7 Å². The smallest absolute Gasteiger partial charge is 0.272 e. The number of fused-ring (bicyclic) bond motifs is 5. The van der Waals surface area contributed by atoms with Gasteiger partial charge in [0.05, 0.1) is 33.4 Å². The average molecular weight is 693 g/mol. The first-order chi connectivity index (χ1) is 18.1. The fraction of sp³-hybridized carbons (Fsp3) is 0.261. The standard InChI is InChI=1S/C23H11Cl8N3O5/c24-11-4-1-10(13(25)7-11)8-32(18(35)9-2-5-12(6-3-9)34(38)39)33-19(36)14-15(20(33)37)22(29)17(27)16(26)21(14,28)23(22,30)31/h1-7,14-15H,8H2/t14-,15+,21-,22-/m1/s1. The Morgan fingerprint density at radius 1 is 0.897 bits per heavy atom. The molecule has 204 valence electrons. The van der Waals surface area contributed by atoms with Crippen LogP contribution in [0, 0.1) is 22.0 Å². The van der Waals surface area contributed by atoms with Gasteiger partial charge in [0.15, 0.2) is 4.33 Å². The molecule has 5 rings (SSSR count). The number of carbonyl (C=O) groups excluding carboxylic acids is 3. The van der Waals surface area contributed by atoms with Crippen LogP contribution in [0.5, 0.6) is 0 Å². The van der Waals surface area contributed by atoms with Crippen molar-refractivity contribution in [3.05, 3.63) is 83.8 Å². The van der Waals surface area contributed by atoms with Crippen molar-refractivity contribution in [1.82, 2.24) is 10.0 Å². The molecule has 2 bridgehead atoms. The highest BCUT2D eigenvalue weighted by molar-refractivity contribution is 6.66. The number of rotatable bonds is 5. The summed E-state index contributed by atoms with van der Waals surface area (Å²) in [6.07, 6.45) is 0. The van der Waals surface area contributed by atoms with E-state index in [2.05, 4.69) is 0 Å². The maximum absolute atomic E-state index is 13.9. The lowest BCUT2D eigenvalue weighted by molar-refractivity contribution is -0.384. The van der Waals surface area contributed by atoms with Gasteiger partial charge in [-0.2, -0.15) is 5.01 Å². The van der Waals surface area contributed by atoms with Gasteiger partial charge in [0, 0.05) is 27.7 Å². The maximum atomic E-state index is 13.9. The van der Waals surface area contributed by atoms with Crippen LogP contribution in [0.2, 0.25) is 10.0 Å². The van der Waals surface area contributed by atoms with Gasteiger partial charge in [-0.25, -0.2) is 5.01 Å². The molecule has 39 heavy (non-hydrogen) atoms. The van der Waals surface area contributed by atoms with Crippen molar-refractivity contribution >= 4 is 116 Å². The lowest BCUT2D eigenvalue weighted by Crippen LogP contribution is -2.55. The van der Waals surface area contributed by atoms with E-state index in [1.165, 1.54) is 30.3 Å². The number of non-ortho nitro benzene ring substituents is 1. The predicted octanol–water partition coefficient (Wildman–Crippen LogP) is 6.91. The molecule has 8 nitrogen and oxygen atoms in total. The summed E-state index contributed by atoms with van der Waals surface area (Å²) >= 11 is 51.7. The minimum atomic E-state index is -2.16. The third-order valence-corrected chi connectivity index (χ3v) is 11.9. The molecular formula is C23H11Cl8N3O5. The molecule has 0 aromatic heterocycles. The van der Waals surface area contributed by atoms with Crippen molar-refractivity contribution < 1.29 is 19.3 Å². The first-order valence-electron chi connectivity index (χ1n) is 10.8. The summed E-state index contributed by atoms with van der Waals surface area (Å²) in [5.41, 5.74) is -0.0376. The molecule has 2 aliphatic carbocycles. The van der Waals surface area contributed by atoms with E-state index >= 15 is 0 Å². The minimum absolute atomic E-state index is 0.0780. The van der Waals surface area contributed by atoms with Crippen molar-refractivity contribution in [1.29, 1.82) is 0 Å². The highest BCUT2D eigenvalue weighted by Crippen LogP contribution is 2.77. The highest BCUT2D eigenvalue weighted by atomic mass is 35.5. The Kier molecular flexibility index (Phi) is 7.09. The second-order valence-corrected chi connectivity index (χ2v) is 13.1. The van der Waals surface area contributed by atoms with Gasteiger partial charge in [-0.05, 0) is 29.8 Å². The predicted molar refractivity (Wildman–Crippen MR) is 149 cm³/mol. The number of nitro groups is 1. The number of hydrogen-bond acceptors (Lipinski definition) is 5. The number of benzene rings is 2. The van der Waals surface area contributed by atoms with Gasteiger partial charge in [0.1, 0.15) is 9.75 Å². The first kappa shape index (κ1) is 29.0. The second-order valence-electron chi connectivity index (χ2n) is 8.97. The van der Waals surface area contributed by atoms with Crippen molar-refractivity contribution in [2.75, 3.05) is 0 Å². The van der Waals surface area contributed by atoms with Crippen LogP contribution in [0.15, 0.2) is 52.5 Å².